The van der Waals surface area contributed by atoms with E-state index in [1.165, 1.54) is 11.1 Å². The summed E-state index contributed by atoms with van der Waals surface area (Å²) in [7, 11) is 0. The Kier molecular flexibility index (Phi) is 2.74. The van der Waals surface area contributed by atoms with Gasteiger partial charge in [0, 0.05) is 12.3 Å². The van der Waals surface area contributed by atoms with Crippen molar-refractivity contribution < 1.29 is 0 Å². The fraction of sp³-hybridized carbons (Fsp3) is 0.176. The second-order valence-corrected chi connectivity index (χ2v) is 5.34. The van der Waals surface area contributed by atoms with Gasteiger partial charge in [-0.25, -0.2) is 4.98 Å². The maximum atomic E-state index is 12.1. The number of aromatic nitrogens is 2. The molecule has 0 bridgehead atoms. The lowest BCUT2D eigenvalue weighted by Gasteiger charge is -2.15. The van der Waals surface area contributed by atoms with E-state index in [1.54, 1.807) is 16.7 Å². The molecule has 21 heavy (non-hydrogen) atoms. The van der Waals surface area contributed by atoms with Gasteiger partial charge in [-0.15, -0.1) is 0 Å². The van der Waals surface area contributed by atoms with Crippen molar-refractivity contribution in [2.75, 3.05) is 5.32 Å². The van der Waals surface area contributed by atoms with Gasteiger partial charge in [-0.3, -0.25) is 9.20 Å². The SMILES string of the molecule is O=c1cc(NC2CCc3ccccc32)nc2ccccn12. The van der Waals surface area contributed by atoms with Crippen molar-refractivity contribution in [3.05, 3.63) is 76.2 Å². The molecule has 0 aliphatic heterocycles. The Bertz CT molecular complexity index is 869. The predicted molar refractivity (Wildman–Crippen MR) is 82.6 cm³/mol. The van der Waals surface area contributed by atoms with E-state index < -0.39 is 0 Å². The van der Waals surface area contributed by atoms with Crippen LogP contribution in [0, 0.1) is 0 Å². The van der Waals surface area contributed by atoms with Crippen LogP contribution in [0.4, 0.5) is 5.82 Å². The number of aryl methyl sites for hydroxylation is 1. The monoisotopic (exact) mass is 277 g/mol. The van der Waals surface area contributed by atoms with Crippen LogP contribution in [0.2, 0.25) is 0 Å². The highest BCUT2D eigenvalue weighted by Gasteiger charge is 2.22. The van der Waals surface area contributed by atoms with E-state index in [0.29, 0.717) is 11.5 Å². The summed E-state index contributed by atoms with van der Waals surface area (Å²) in [4.78, 5) is 16.6. The number of fused-ring (bicyclic) bond motifs is 2. The van der Waals surface area contributed by atoms with Gasteiger partial charge in [0.1, 0.15) is 11.5 Å². The van der Waals surface area contributed by atoms with Crippen LogP contribution >= 0.6 is 0 Å². The zero-order chi connectivity index (χ0) is 14.2. The molecule has 0 fully saturated rings. The van der Waals surface area contributed by atoms with Crippen LogP contribution in [0.15, 0.2) is 59.5 Å². The minimum atomic E-state index is -0.0608. The zero-order valence-electron chi connectivity index (χ0n) is 11.5. The minimum Gasteiger partial charge on any atom is -0.363 e. The fourth-order valence-corrected chi connectivity index (χ4v) is 3.01. The molecule has 0 saturated carbocycles. The molecule has 4 rings (SSSR count). The van der Waals surface area contributed by atoms with Crippen LogP contribution in [0.1, 0.15) is 23.6 Å². The first-order valence-electron chi connectivity index (χ1n) is 7.14. The molecule has 4 heteroatoms. The molecule has 1 aliphatic carbocycles. The summed E-state index contributed by atoms with van der Waals surface area (Å²) >= 11 is 0. The Morgan fingerprint density at radius 3 is 2.95 bits per heavy atom. The summed E-state index contributed by atoms with van der Waals surface area (Å²) in [5.41, 5.74) is 3.30. The van der Waals surface area contributed by atoms with E-state index in [2.05, 4.69) is 34.6 Å². The van der Waals surface area contributed by atoms with E-state index in [4.69, 9.17) is 0 Å². The lowest BCUT2D eigenvalue weighted by Crippen LogP contribution is -2.17. The van der Waals surface area contributed by atoms with E-state index in [-0.39, 0.29) is 11.6 Å². The molecule has 0 radical (unpaired) electrons. The zero-order valence-corrected chi connectivity index (χ0v) is 11.5. The van der Waals surface area contributed by atoms with Gasteiger partial charge in [-0.05, 0) is 36.1 Å². The Labute approximate surface area is 122 Å². The smallest absolute Gasteiger partial charge is 0.259 e. The van der Waals surface area contributed by atoms with Crippen LogP contribution in [0.5, 0.6) is 0 Å². The lowest BCUT2D eigenvalue weighted by atomic mass is 10.1. The topological polar surface area (TPSA) is 46.4 Å². The Morgan fingerprint density at radius 1 is 1.14 bits per heavy atom. The average Bonchev–Trinajstić information content (AvgIpc) is 2.91. The highest BCUT2D eigenvalue weighted by atomic mass is 16.1. The first-order valence-corrected chi connectivity index (χ1v) is 7.14. The molecule has 1 aromatic carbocycles. The summed E-state index contributed by atoms with van der Waals surface area (Å²) in [5, 5.41) is 3.41. The summed E-state index contributed by atoms with van der Waals surface area (Å²) in [6.45, 7) is 0. The number of rotatable bonds is 2. The lowest BCUT2D eigenvalue weighted by molar-refractivity contribution is 0.756. The predicted octanol–water partition coefficient (Wildman–Crippen LogP) is 2.79. The summed E-state index contributed by atoms with van der Waals surface area (Å²) in [5.74, 6) is 0.646. The van der Waals surface area contributed by atoms with Crippen molar-refractivity contribution in [1.82, 2.24) is 9.38 Å². The Balaban J connectivity index is 1.71. The van der Waals surface area contributed by atoms with Gasteiger partial charge < -0.3 is 5.32 Å². The van der Waals surface area contributed by atoms with Gasteiger partial charge in [0.05, 0.1) is 6.04 Å². The van der Waals surface area contributed by atoms with Gasteiger partial charge in [0.2, 0.25) is 0 Å². The highest BCUT2D eigenvalue weighted by Crippen LogP contribution is 2.32. The Hall–Kier alpha value is -2.62. The second-order valence-electron chi connectivity index (χ2n) is 5.34. The molecule has 0 amide bonds. The maximum Gasteiger partial charge on any atom is 0.259 e. The largest absolute Gasteiger partial charge is 0.363 e. The molecule has 2 aromatic heterocycles. The van der Waals surface area contributed by atoms with Crippen LogP contribution in [0.25, 0.3) is 5.65 Å². The molecule has 0 saturated heterocycles. The van der Waals surface area contributed by atoms with Crippen LogP contribution in [-0.2, 0) is 6.42 Å². The summed E-state index contributed by atoms with van der Waals surface area (Å²) < 4.78 is 1.55. The van der Waals surface area contributed by atoms with Crippen molar-refractivity contribution in [3.8, 4) is 0 Å². The van der Waals surface area contributed by atoms with Crippen LogP contribution < -0.4 is 10.9 Å². The van der Waals surface area contributed by atoms with E-state index in [9.17, 15) is 4.79 Å². The fourth-order valence-electron chi connectivity index (χ4n) is 3.01. The molecule has 3 aromatic rings. The molecular formula is C17H15N3O. The van der Waals surface area contributed by atoms with E-state index >= 15 is 0 Å². The molecule has 1 N–H and O–H groups in total. The summed E-state index contributed by atoms with van der Waals surface area (Å²) in [6, 6.07) is 15.8. The van der Waals surface area contributed by atoms with Gasteiger partial charge in [-0.2, -0.15) is 0 Å². The van der Waals surface area contributed by atoms with E-state index in [1.807, 2.05) is 18.2 Å². The highest BCUT2D eigenvalue weighted by molar-refractivity contribution is 5.49. The standard InChI is InChI=1S/C17H15N3O/c21-17-11-15(19-16-7-3-4-10-20(16)17)18-14-9-8-12-5-1-2-6-13(12)14/h1-7,10-11,14,18H,8-9H2. The molecule has 1 atom stereocenters. The maximum absolute atomic E-state index is 12.1. The van der Waals surface area contributed by atoms with E-state index in [0.717, 1.165) is 12.8 Å². The van der Waals surface area contributed by atoms with Crippen molar-refractivity contribution in [2.45, 2.75) is 18.9 Å². The molecular weight excluding hydrogens is 262 g/mol. The Morgan fingerprint density at radius 2 is 2.00 bits per heavy atom. The molecule has 4 nitrogen and oxygen atoms in total. The molecule has 1 unspecified atom stereocenters. The first kappa shape index (κ1) is 12.1. The number of hydrogen-bond donors (Lipinski definition) is 1. The summed E-state index contributed by atoms with van der Waals surface area (Å²) in [6.07, 6.45) is 3.84. The number of pyridine rings is 1. The number of benzene rings is 1. The average molecular weight is 277 g/mol. The van der Waals surface area contributed by atoms with Crippen molar-refractivity contribution >= 4 is 11.5 Å². The molecule has 1 aliphatic rings. The first-order chi connectivity index (χ1) is 10.3. The molecule has 104 valence electrons. The number of nitrogens with zero attached hydrogens (tertiary/aromatic N) is 2. The quantitative estimate of drug-likeness (QED) is 0.783. The minimum absolute atomic E-state index is 0.0608. The van der Waals surface area contributed by atoms with Crippen molar-refractivity contribution in [3.63, 3.8) is 0 Å². The normalized spacial score (nSPS) is 16.9. The third-order valence-electron chi connectivity index (χ3n) is 4.03. The number of nitrogens with one attached hydrogen (secondary N) is 1. The van der Waals surface area contributed by atoms with Crippen molar-refractivity contribution in [1.29, 1.82) is 0 Å². The second kappa shape index (κ2) is 4.74. The number of hydrogen-bond acceptors (Lipinski definition) is 3. The van der Waals surface area contributed by atoms with Crippen molar-refractivity contribution in [2.24, 2.45) is 0 Å². The van der Waals surface area contributed by atoms with Gasteiger partial charge in [-0.1, -0.05) is 30.3 Å². The number of anilines is 1. The van der Waals surface area contributed by atoms with Crippen LogP contribution in [-0.4, -0.2) is 9.38 Å². The van der Waals surface area contributed by atoms with Gasteiger partial charge in [0.25, 0.3) is 5.56 Å². The third-order valence-corrected chi connectivity index (χ3v) is 4.03. The van der Waals surface area contributed by atoms with Gasteiger partial charge >= 0.3 is 0 Å². The van der Waals surface area contributed by atoms with Gasteiger partial charge in [0.15, 0.2) is 0 Å². The van der Waals surface area contributed by atoms with Crippen LogP contribution in [0.3, 0.4) is 0 Å². The third kappa shape index (κ3) is 2.09. The molecule has 0 spiro atoms. The molecule has 2 heterocycles.